The first-order chi connectivity index (χ1) is 5.24. The molecule has 1 fully saturated rings. The molecule has 0 aromatic carbocycles. The van der Waals surface area contributed by atoms with Gasteiger partial charge in [0.05, 0.1) is 6.10 Å². The fourth-order valence-electron chi connectivity index (χ4n) is 1.78. The molecule has 0 aromatic heterocycles. The predicted molar refractivity (Wildman–Crippen MR) is 48.1 cm³/mol. The second kappa shape index (κ2) is 4.32. The fourth-order valence-corrected chi connectivity index (χ4v) is 2.16. The molecule has 1 aliphatic carbocycles. The van der Waals surface area contributed by atoms with Crippen LogP contribution in [-0.2, 0) is 4.74 Å². The zero-order valence-electron chi connectivity index (χ0n) is 7.35. The van der Waals surface area contributed by atoms with Gasteiger partial charge in [0.2, 0.25) is 0 Å². The molecular weight excluding hydrogens is 160 g/mol. The van der Waals surface area contributed by atoms with Gasteiger partial charge in [0.15, 0.2) is 0 Å². The molecule has 66 valence electrons. The zero-order valence-corrected chi connectivity index (χ0v) is 8.10. The molecule has 1 aliphatic rings. The van der Waals surface area contributed by atoms with Crippen LogP contribution in [-0.4, -0.2) is 18.6 Å². The van der Waals surface area contributed by atoms with E-state index in [1.54, 1.807) is 7.11 Å². The summed E-state index contributed by atoms with van der Waals surface area (Å²) < 4.78 is 5.20. The Bertz CT molecular complexity index is 116. The summed E-state index contributed by atoms with van der Waals surface area (Å²) in [6, 6.07) is 0. The predicted octanol–water partition coefficient (Wildman–Crippen LogP) is 2.82. The van der Waals surface area contributed by atoms with Gasteiger partial charge in [0.1, 0.15) is 0 Å². The number of hydrogen-bond acceptors (Lipinski definition) is 1. The van der Waals surface area contributed by atoms with E-state index >= 15 is 0 Å². The van der Waals surface area contributed by atoms with Crippen molar-refractivity contribution in [2.24, 2.45) is 5.92 Å². The summed E-state index contributed by atoms with van der Waals surface area (Å²) in [7, 11) is 1.77. The van der Waals surface area contributed by atoms with Gasteiger partial charge in [-0.1, -0.05) is 6.42 Å². The summed E-state index contributed by atoms with van der Waals surface area (Å²) in [5, 5.41) is 0.410. The summed E-state index contributed by atoms with van der Waals surface area (Å²) in [5.74, 6) is 0.701. The average molecular weight is 177 g/mol. The monoisotopic (exact) mass is 176 g/mol. The van der Waals surface area contributed by atoms with Crippen molar-refractivity contribution in [1.82, 2.24) is 0 Å². The minimum Gasteiger partial charge on any atom is -0.382 e. The van der Waals surface area contributed by atoms with Gasteiger partial charge in [-0.2, -0.15) is 0 Å². The Hall–Kier alpha value is 0.250. The first-order valence-electron chi connectivity index (χ1n) is 4.41. The van der Waals surface area contributed by atoms with Crippen LogP contribution in [0.5, 0.6) is 0 Å². The van der Waals surface area contributed by atoms with E-state index in [0.29, 0.717) is 17.4 Å². The van der Waals surface area contributed by atoms with Gasteiger partial charge in [0.25, 0.3) is 0 Å². The molecule has 0 amide bonds. The largest absolute Gasteiger partial charge is 0.382 e. The second-order valence-corrected chi connectivity index (χ2v) is 4.05. The quantitative estimate of drug-likeness (QED) is 0.601. The smallest absolute Gasteiger partial charge is 0.0546 e. The van der Waals surface area contributed by atoms with E-state index < -0.39 is 0 Å². The molecule has 0 heterocycles. The van der Waals surface area contributed by atoms with Crippen molar-refractivity contribution in [3.05, 3.63) is 0 Å². The molecule has 0 spiro atoms. The molecule has 3 unspecified atom stereocenters. The fraction of sp³-hybridized carbons (Fsp3) is 1.00. The molecule has 1 rings (SSSR count). The minimum absolute atomic E-state index is 0.374. The van der Waals surface area contributed by atoms with Gasteiger partial charge < -0.3 is 4.74 Å². The van der Waals surface area contributed by atoms with Crippen LogP contribution >= 0.6 is 11.6 Å². The number of rotatable bonds is 3. The Labute approximate surface area is 74.1 Å². The first kappa shape index (κ1) is 9.34. The van der Waals surface area contributed by atoms with E-state index in [1.807, 2.05) is 0 Å². The highest BCUT2D eigenvalue weighted by Crippen LogP contribution is 2.33. The molecule has 3 atom stereocenters. The highest BCUT2D eigenvalue weighted by molar-refractivity contribution is 6.20. The normalized spacial score (nSPS) is 34.1. The molecule has 11 heavy (non-hydrogen) atoms. The summed E-state index contributed by atoms with van der Waals surface area (Å²) in [5.41, 5.74) is 0. The second-order valence-electron chi connectivity index (χ2n) is 3.49. The minimum atomic E-state index is 0.374. The topological polar surface area (TPSA) is 9.23 Å². The van der Waals surface area contributed by atoms with E-state index in [0.717, 1.165) is 6.42 Å². The Balaban J connectivity index is 2.24. The van der Waals surface area contributed by atoms with Crippen LogP contribution in [0.2, 0.25) is 0 Å². The molecule has 0 bridgehead atoms. The lowest BCUT2D eigenvalue weighted by atomic mass is 10.0. The van der Waals surface area contributed by atoms with Crippen molar-refractivity contribution in [2.75, 3.05) is 7.11 Å². The Morgan fingerprint density at radius 1 is 1.55 bits per heavy atom. The van der Waals surface area contributed by atoms with Crippen LogP contribution in [0.25, 0.3) is 0 Å². The van der Waals surface area contributed by atoms with Crippen LogP contribution in [0.1, 0.15) is 32.6 Å². The highest BCUT2D eigenvalue weighted by Gasteiger charge is 2.26. The number of hydrogen-bond donors (Lipinski definition) is 0. The molecule has 0 aliphatic heterocycles. The van der Waals surface area contributed by atoms with Gasteiger partial charge >= 0.3 is 0 Å². The molecule has 0 saturated heterocycles. The standard InChI is InChI=1S/C9H17ClO/c1-7(11-2)6-8-4-3-5-9(8)10/h7-9H,3-6H2,1-2H3. The van der Waals surface area contributed by atoms with Crippen molar-refractivity contribution < 1.29 is 4.74 Å². The van der Waals surface area contributed by atoms with Crippen molar-refractivity contribution in [2.45, 2.75) is 44.1 Å². The maximum atomic E-state index is 6.12. The number of methoxy groups -OCH3 is 1. The summed E-state index contributed by atoms with van der Waals surface area (Å²) >= 11 is 6.12. The molecule has 0 aromatic rings. The van der Waals surface area contributed by atoms with Crippen LogP contribution in [0, 0.1) is 5.92 Å². The number of halogens is 1. The maximum absolute atomic E-state index is 6.12. The molecule has 1 saturated carbocycles. The average Bonchev–Trinajstić information content (AvgIpc) is 2.37. The Morgan fingerprint density at radius 2 is 2.27 bits per heavy atom. The van der Waals surface area contributed by atoms with Crippen LogP contribution in [0.15, 0.2) is 0 Å². The van der Waals surface area contributed by atoms with Crippen molar-refractivity contribution in [1.29, 1.82) is 0 Å². The SMILES string of the molecule is COC(C)CC1CCCC1Cl. The van der Waals surface area contributed by atoms with Crippen LogP contribution < -0.4 is 0 Å². The van der Waals surface area contributed by atoms with E-state index in [1.165, 1.54) is 19.3 Å². The van der Waals surface area contributed by atoms with E-state index in [2.05, 4.69) is 6.92 Å². The third-order valence-electron chi connectivity index (χ3n) is 2.60. The van der Waals surface area contributed by atoms with Gasteiger partial charge in [-0.05, 0) is 32.1 Å². The van der Waals surface area contributed by atoms with Crippen LogP contribution in [0.4, 0.5) is 0 Å². The van der Waals surface area contributed by atoms with Gasteiger partial charge in [-0.25, -0.2) is 0 Å². The van der Waals surface area contributed by atoms with E-state index in [-0.39, 0.29) is 0 Å². The first-order valence-corrected chi connectivity index (χ1v) is 4.84. The Kier molecular flexibility index (Phi) is 3.67. The lowest BCUT2D eigenvalue weighted by molar-refractivity contribution is 0.0962. The molecule has 2 heteroatoms. The summed E-state index contributed by atoms with van der Waals surface area (Å²) in [6.45, 7) is 2.11. The molecular formula is C9H17ClO. The molecule has 1 nitrogen and oxygen atoms in total. The third kappa shape index (κ3) is 2.64. The summed E-state index contributed by atoms with van der Waals surface area (Å²) in [6.07, 6.45) is 5.30. The van der Waals surface area contributed by atoms with Crippen molar-refractivity contribution >= 4 is 11.6 Å². The molecule has 0 N–H and O–H groups in total. The zero-order chi connectivity index (χ0) is 8.27. The molecule has 0 radical (unpaired) electrons. The number of ether oxygens (including phenoxy) is 1. The third-order valence-corrected chi connectivity index (χ3v) is 3.18. The Morgan fingerprint density at radius 3 is 2.73 bits per heavy atom. The van der Waals surface area contributed by atoms with Gasteiger partial charge in [0, 0.05) is 12.5 Å². The maximum Gasteiger partial charge on any atom is 0.0546 e. The van der Waals surface area contributed by atoms with Gasteiger partial charge in [-0.15, -0.1) is 11.6 Å². The lowest BCUT2D eigenvalue weighted by Gasteiger charge is -2.17. The van der Waals surface area contributed by atoms with E-state index in [9.17, 15) is 0 Å². The highest BCUT2D eigenvalue weighted by atomic mass is 35.5. The number of alkyl halides is 1. The van der Waals surface area contributed by atoms with Gasteiger partial charge in [-0.3, -0.25) is 0 Å². The van der Waals surface area contributed by atoms with Crippen molar-refractivity contribution in [3.63, 3.8) is 0 Å². The van der Waals surface area contributed by atoms with Crippen LogP contribution in [0.3, 0.4) is 0 Å². The lowest BCUT2D eigenvalue weighted by Crippen LogP contribution is -2.15. The van der Waals surface area contributed by atoms with E-state index in [4.69, 9.17) is 16.3 Å². The van der Waals surface area contributed by atoms with Crippen molar-refractivity contribution in [3.8, 4) is 0 Å². The summed E-state index contributed by atoms with van der Waals surface area (Å²) in [4.78, 5) is 0.